The minimum absolute atomic E-state index is 0.0740. The lowest BCUT2D eigenvalue weighted by atomic mass is 9.93. The second-order valence-electron chi connectivity index (χ2n) is 5.03. The monoisotopic (exact) mass is 285 g/mol. The summed E-state index contributed by atoms with van der Waals surface area (Å²) in [6.07, 6.45) is 3.09. The summed E-state index contributed by atoms with van der Waals surface area (Å²) in [4.78, 5) is 12.0. The number of nitrogens with one attached hydrogen (secondary N) is 1. The molecule has 0 spiro atoms. The van der Waals surface area contributed by atoms with Gasteiger partial charge in [0.25, 0.3) is 5.91 Å². The highest BCUT2D eigenvalue weighted by Crippen LogP contribution is 2.20. The van der Waals surface area contributed by atoms with Gasteiger partial charge in [-0.05, 0) is 25.0 Å². The number of rotatable bonds is 6. The predicted molar refractivity (Wildman–Crippen MR) is 79.8 cm³/mol. The molecule has 0 saturated heterocycles. The molecule has 21 heavy (non-hydrogen) atoms. The number of carbonyl (C=O) groups excluding carboxylic acids is 1. The third-order valence-electron chi connectivity index (χ3n) is 3.25. The van der Waals surface area contributed by atoms with Crippen LogP contribution < -0.4 is 5.32 Å². The van der Waals surface area contributed by atoms with Crippen molar-refractivity contribution in [2.24, 2.45) is 0 Å². The molecule has 1 aromatic heterocycles. The first-order chi connectivity index (χ1) is 10.2. The maximum atomic E-state index is 12.0. The molecule has 1 amide bonds. The maximum Gasteiger partial charge on any atom is 0.252 e. The predicted octanol–water partition coefficient (Wildman–Crippen LogP) is 1.76. The van der Waals surface area contributed by atoms with Gasteiger partial charge in [-0.2, -0.15) is 10.2 Å². The molecule has 2 aromatic rings. The van der Waals surface area contributed by atoms with Gasteiger partial charge in [-0.15, -0.1) is 0 Å². The normalized spacial score (nSPS) is 13.4. The molecule has 1 aromatic carbocycles. The van der Waals surface area contributed by atoms with Crippen molar-refractivity contribution in [1.82, 2.24) is 15.5 Å². The van der Waals surface area contributed by atoms with Crippen LogP contribution in [0, 0.1) is 0 Å². The van der Waals surface area contributed by atoms with E-state index in [0.29, 0.717) is 18.5 Å². The van der Waals surface area contributed by atoms with Crippen LogP contribution >= 0.6 is 0 Å². The Bertz CT molecular complexity index is 558. The Labute approximate surface area is 124 Å². The van der Waals surface area contributed by atoms with E-state index < -0.39 is 6.10 Å². The van der Waals surface area contributed by atoms with Crippen LogP contribution in [0.4, 0.5) is 0 Å². The first-order valence-corrected chi connectivity index (χ1v) is 6.94. The van der Waals surface area contributed by atoms with E-state index in [1.807, 2.05) is 30.3 Å². The quantitative estimate of drug-likeness (QED) is 0.848. The van der Waals surface area contributed by atoms with Crippen LogP contribution in [0.1, 0.15) is 35.2 Å². The van der Waals surface area contributed by atoms with E-state index in [0.717, 1.165) is 5.56 Å². The highest BCUT2D eigenvalue weighted by atomic mass is 16.3. The van der Waals surface area contributed by atoms with E-state index in [4.69, 9.17) is 0 Å². The third kappa shape index (κ3) is 4.65. The number of amides is 1. The molecule has 0 fully saturated rings. The summed E-state index contributed by atoms with van der Waals surface area (Å²) in [6.45, 7) is 2.22. The Balaban J connectivity index is 2.01. The van der Waals surface area contributed by atoms with Crippen LogP contribution in [-0.4, -0.2) is 33.9 Å². The molecule has 5 heteroatoms. The van der Waals surface area contributed by atoms with Gasteiger partial charge in [0, 0.05) is 12.5 Å². The summed E-state index contributed by atoms with van der Waals surface area (Å²) in [6, 6.07) is 11.5. The molecule has 0 aliphatic heterocycles. The molecule has 5 nitrogen and oxygen atoms in total. The van der Waals surface area contributed by atoms with Crippen molar-refractivity contribution in [2.45, 2.75) is 25.4 Å². The summed E-state index contributed by atoms with van der Waals surface area (Å²) in [5.74, 6) is -0.110. The van der Waals surface area contributed by atoms with Crippen LogP contribution in [-0.2, 0) is 0 Å². The molecule has 2 atom stereocenters. The van der Waals surface area contributed by atoms with Crippen molar-refractivity contribution in [3.8, 4) is 0 Å². The Morgan fingerprint density at radius 1 is 1.24 bits per heavy atom. The number of benzene rings is 1. The Hall–Kier alpha value is -2.27. The minimum Gasteiger partial charge on any atom is -0.393 e. The van der Waals surface area contributed by atoms with E-state index in [1.165, 1.54) is 12.4 Å². The summed E-state index contributed by atoms with van der Waals surface area (Å²) in [5, 5.41) is 19.9. The second kappa shape index (κ2) is 7.50. The summed E-state index contributed by atoms with van der Waals surface area (Å²) in [7, 11) is 0. The second-order valence-corrected chi connectivity index (χ2v) is 5.03. The van der Waals surface area contributed by atoms with E-state index in [2.05, 4.69) is 15.5 Å². The van der Waals surface area contributed by atoms with Gasteiger partial charge in [-0.1, -0.05) is 30.3 Å². The zero-order chi connectivity index (χ0) is 15.1. The molecule has 0 aliphatic rings. The Morgan fingerprint density at radius 3 is 2.62 bits per heavy atom. The molecular formula is C16H19N3O2. The largest absolute Gasteiger partial charge is 0.393 e. The maximum absolute atomic E-state index is 12.0. The van der Waals surface area contributed by atoms with Gasteiger partial charge in [-0.3, -0.25) is 4.79 Å². The van der Waals surface area contributed by atoms with Crippen molar-refractivity contribution in [3.05, 3.63) is 59.9 Å². The fourth-order valence-corrected chi connectivity index (χ4v) is 2.22. The average molecular weight is 285 g/mol. The zero-order valence-corrected chi connectivity index (χ0v) is 11.9. The molecule has 0 aliphatic carbocycles. The van der Waals surface area contributed by atoms with E-state index in [1.54, 1.807) is 13.0 Å². The van der Waals surface area contributed by atoms with Crippen molar-refractivity contribution in [1.29, 1.82) is 0 Å². The van der Waals surface area contributed by atoms with E-state index >= 15 is 0 Å². The summed E-state index contributed by atoms with van der Waals surface area (Å²) >= 11 is 0. The van der Waals surface area contributed by atoms with Crippen LogP contribution in [0.15, 0.2) is 48.8 Å². The molecule has 0 radical (unpaired) electrons. The van der Waals surface area contributed by atoms with Crippen molar-refractivity contribution < 1.29 is 9.90 Å². The van der Waals surface area contributed by atoms with E-state index in [9.17, 15) is 9.90 Å². The minimum atomic E-state index is -0.422. The highest BCUT2D eigenvalue weighted by Gasteiger charge is 2.16. The Kier molecular flexibility index (Phi) is 5.40. The van der Waals surface area contributed by atoms with Gasteiger partial charge >= 0.3 is 0 Å². The van der Waals surface area contributed by atoms with Crippen LogP contribution in [0.5, 0.6) is 0 Å². The molecule has 2 unspecified atom stereocenters. The number of aromatic nitrogens is 2. The fraction of sp³-hybridized carbons (Fsp3) is 0.312. The third-order valence-corrected chi connectivity index (χ3v) is 3.25. The average Bonchev–Trinajstić information content (AvgIpc) is 2.52. The smallest absolute Gasteiger partial charge is 0.252 e. The zero-order valence-electron chi connectivity index (χ0n) is 11.9. The van der Waals surface area contributed by atoms with Gasteiger partial charge in [-0.25, -0.2) is 0 Å². The lowest BCUT2D eigenvalue weighted by Gasteiger charge is -2.19. The standard InChI is InChI=1S/C16H19N3O2/c1-12(20)9-15(13-5-3-2-4-6-13)10-17-16(21)14-7-8-18-19-11-14/h2-8,11-12,15,20H,9-10H2,1H3,(H,17,21). The van der Waals surface area contributed by atoms with Gasteiger partial charge < -0.3 is 10.4 Å². The number of carbonyl (C=O) groups is 1. The molecule has 2 N–H and O–H groups in total. The topological polar surface area (TPSA) is 75.1 Å². The van der Waals surface area contributed by atoms with Crippen molar-refractivity contribution in [3.63, 3.8) is 0 Å². The lowest BCUT2D eigenvalue weighted by molar-refractivity contribution is 0.0945. The number of hydrogen-bond donors (Lipinski definition) is 2. The fourth-order valence-electron chi connectivity index (χ4n) is 2.22. The van der Waals surface area contributed by atoms with Gasteiger partial charge in [0.05, 0.1) is 24.1 Å². The summed E-state index contributed by atoms with van der Waals surface area (Å²) < 4.78 is 0. The summed E-state index contributed by atoms with van der Waals surface area (Å²) in [5.41, 5.74) is 1.58. The first kappa shape index (κ1) is 15.1. The van der Waals surface area contributed by atoms with E-state index in [-0.39, 0.29) is 11.8 Å². The van der Waals surface area contributed by atoms with Crippen LogP contribution in [0.2, 0.25) is 0 Å². The number of aliphatic hydroxyl groups is 1. The molecular weight excluding hydrogens is 266 g/mol. The Morgan fingerprint density at radius 2 is 2.00 bits per heavy atom. The molecule has 0 bridgehead atoms. The SMILES string of the molecule is CC(O)CC(CNC(=O)c1ccnnc1)c1ccccc1. The van der Waals surface area contributed by atoms with Gasteiger partial charge in [0.1, 0.15) is 0 Å². The molecule has 0 saturated carbocycles. The molecule has 1 heterocycles. The molecule has 2 rings (SSSR count). The van der Waals surface area contributed by atoms with Crippen molar-refractivity contribution in [2.75, 3.05) is 6.54 Å². The number of hydrogen-bond acceptors (Lipinski definition) is 4. The van der Waals surface area contributed by atoms with Gasteiger partial charge in [0.15, 0.2) is 0 Å². The van der Waals surface area contributed by atoms with Crippen molar-refractivity contribution >= 4 is 5.91 Å². The highest BCUT2D eigenvalue weighted by molar-refractivity contribution is 5.93. The van der Waals surface area contributed by atoms with Crippen LogP contribution in [0.25, 0.3) is 0 Å². The first-order valence-electron chi connectivity index (χ1n) is 6.94. The van der Waals surface area contributed by atoms with Gasteiger partial charge in [0.2, 0.25) is 0 Å². The lowest BCUT2D eigenvalue weighted by Crippen LogP contribution is -2.29. The molecule has 110 valence electrons. The number of nitrogens with zero attached hydrogens (tertiary/aromatic N) is 2. The van der Waals surface area contributed by atoms with Crippen LogP contribution in [0.3, 0.4) is 0 Å². The number of aliphatic hydroxyl groups excluding tert-OH is 1.